The predicted octanol–water partition coefficient (Wildman–Crippen LogP) is 3.75. The van der Waals surface area contributed by atoms with Gasteiger partial charge in [-0.25, -0.2) is 19.6 Å². The fourth-order valence-corrected chi connectivity index (χ4v) is 4.52. The summed E-state index contributed by atoms with van der Waals surface area (Å²) >= 11 is 1.47. The van der Waals surface area contributed by atoms with Gasteiger partial charge >= 0.3 is 6.09 Å². The molecule has 11 heteroatoms. The first-order valence-corrected chi connectivity index (χ1v) is 13.1. The van der Waals surface area contributed by atoms with Crippen LogP contribution >= 0.6 is 11.3 Å². The van der Waals surface area contributed by atoms with Gasteiger partial charge in [0.2, 0.25) is 0 Å². The topological polar surface area (TPSA) is 133 Å². The van der Waals surface area contributed by atoms with Gasteiger partial charge in [0.15, 0.2) is 0 Å². The van der Waals surface area contributed by atoms with Gasteiger partial charge in [0, 0.05) is 17.5 Å². The third kappa shape index (κ3) is 8.41. The maximum atomic E-state index is 12.5. The zero-order chi connectivity index (χ0) is 24.4. The number of carbonyl (C=O) groups is 1. The van der Waals surface area contributed by atoms with E-state index in [4.69, 9.17) is 19.6 Å². The normalized spacial score (nSPS) is 12.2. The van der Waals surface area contributed by atoms with Crippen molar-refractivity contribution in [1.29, 1.82) is 0 Å². The Labute approximate surface area is 203 Å². The molecule has 0 aliphatic carbocycles. The zero-order valence-corrected chi connectivity index (χ0v) is 20.4. The van der Waals surface area contributed by atoms with Gasteiger partial charge in [-0.05, 0) is 37.0 Å². The van der Waals surface area contributed by atoms with Gasteiger partial charge < -0.3 is 14.8 Å². The molecule has 0 aliphatic rings. The van der Waals surface area contributed by atoms with Crippen LogP contribution in [0.1, 0.15) is 36.6 Å². The molecule has 0 fully saturated rings. The average molecular weight is 505 g/mol. The Kier molecular flexibility index (Phi) is 9.40. The summed E-state index contributed by atoms with van der Waals surface area (Å²) in [5.41, 5.74) is 2.51. The minimum absolute atomic E-state index is 0.157. The number of nitrogens with two attached hydrogens (primary N) is 1. The first-order valence-electron chi connectivity index (χ1n) is 10.7. The molecule has 1 amide bonds. The van der Waals surface area contributed by atoms with E-state index in [-0.39, 0.29) is 13.2 Å². The second-order valence-electron chi connectivity index (χ2n) is 7.50. The highest BCUT2D eigenvalue weighted by atomic mass is 32.2. The maximum Gasteiger partial charge on any atom is 0.408 e. The van der Waals surface area contributed by atoms with E-state index in [2.05, 4.69) is 10.0 Å². The molecule has 0 bridgehead atoms. The van der Waals surface area contributed by atoms with Crippen LogP contribution in [0.2, 0.25) is 0 Å². The number of methoxy groups -OCH3 is 1. The predicted molar refractivity (Wildman–Crippen MR) is 132 cm³/mol. The Bertz CT molecular complexity index is 1170. The highest BCUT2D eigenvalue weighted by Crippen LogP contribution is 2.30. The Balaban J connectivity index is 1.66. The molecule has 2 aromatic carbocycles. The van der Waals surface area contributed by atoms with Gasteiger partial charge in [-0.15, -0.1) is 11.3 Å². The number of hydrogen-bond donors (Lipinski definition) is 3. The molecule has 0 saturated heterocycles. The van der Waals surface area contributed by atoms with Crippen molar-refractivity contribution in [3.8, 4) is 16.3 Å². The minimum Gasteiger partial charge on any atom is -0.497 e. The van der Waals surface area contributed by atoms with Crippen LogP contribution < -0.4 is 19.9 Å². The molecule has 4 N–H and O–H groups in total. The first-order chi connectivity index (χ1) is 16.3. The number of thiazole rings is 1. The van der Waals surface area contributed by atoms with E-state index in [1.165, 1.54) is 11.3 Å². The molecule has 3 aromatic rings. The maximum absolute atomic E-state index is 12.5. The molecule has 1 atom stereocenters. The minimum atomic E-state index is -3.72. The number of nitrogens with one attached hydrogen (secondary N) is 2. The molecule has 0 aliphatic heterocycles. The van der Waals surface area contributed by atoms with E-state index in [9.17, 15) is 13.2 Å². The number of alkyl carbamates (subject to hydrolysis) is 1. The van der Waals surface area contributed by atoms with E-state index in [0.29, 0.717) is 25.0 Å². The lowest BCUT2D eigenvalue weighted by Crippen LogP contribution is -2.32. The smallest absolute Gasteiger partial charge is 0.408 e. The lowest BCUT2D eigenvalue weighted by molar-refractivity contribution is 0.134. The summed E-state index contributed by atoms with van der Waals surface area (Å²) in [5, 5.41) is 10.6. The molecule has 0 saturated carbocycles. The largest absolute Gasteiger partial charge is 0.497 e. The average Bonchev–Trinajstić information content (AvgIpc) is 3.32. The summed E-state index contributed by atoms with van der Waals surface area (Å²) in [4.78, 5) is 17.2. The van der Waals surface area contributed by atoms with Crippen molar-refractivity contribution >= 4 is 27.6 Å². The zero-order valence-electron chi connectivity index (χ0n) is 18.8. The van der Waals surface area contributed by atoms with Gasteiger partial charge in [0.25, 0.3) is 10.2 Å². The van der Waals surface area contributed by atoms with E-state index < -0.39 is 22.3 Å². The monoisotopic (exact) mass is 504 g/mol. The van der Waals surface area contributed by atoms with Crippen LogP contribution in [0.25, 0.3) is 10.6 Å². The van der Waals surface area contributed by atoms with Crippen molar-refractivity contribution in [2.75, 3.05) is 13.7 Å². The molecule has 0 spiro atoms. The fraction of sp³-hybridized carbons (Fsp3) is 0.304. The van der Waals surface area contributed by atoms with Gasteiger partial charge in [0.1, 0.15) is 17.4 Å². The Morgan fingerprint density at radius 2 is 1.94 bits per heavy atom. The fourth-order valence-electron chi connectivity index (χ4n) is 3.22. The summed E-state index contributed by atoms with van der Waals surface area (Å²) < 4.78 is 35.0. The van der Waals surface area contributed by atoms with Crippen molar-refractivity contribution in [2.24, 2.45) is 5.14 Å². The third-order valence-electron chi connectivity index (χ3n) is 4.92. The summed E-state index contributed by atoms with van der Waals surface area (Å²) in [7, 11) is -2.11. The molecule has 9 nitrogen and oxygen atoms in total. The number of benzene rings is 2. The number of unbranched alkanes of at least 4 members (excludes halogenated alkanes) is 1. The SMILES string of the molecule is COc1cccc(-c2nc([C@H](CCCCNS(N)(=O)=O)NC(=O)OCc3ccccc3)cs2)c1. The molecule has 1 heterocycles. The van der Waals surface area contributed by atoms with E-state index in [0.717, 1.165) is 21.9 Å². The standard InChI is InChI=1S/C23H28N4O5S2/c1-31-19-11-7-10-18(14-19)22-26-21(16-33-22)20(12-5-6-13-25-34(24,29)30)27-23(28)32-15-17-8-3-2-4-9-17/h2-4,7-11,14,16,20,25H,5-6,12-13,15H2,1H3,(H,27,28)(H2,24,29,30)/t20-/m0/s1. The van der Waals surface area contributed by atoms with E-state index in [1.807, 2.05) is 60.0 Å². The highest BCUT2D eigenvalue weighted by Gasteiger charge is 2.19. The molecule has 182 valence electrons. The van der Waals surface area contributed by atoms with Gasteiger partial charge in [0.05, 0.1) is 18.8 Å². The summed E-state index contributed by atoms with van der Waals surface area (Å²) in [6.45, 7) is 0.375. The number of aromatic nitrogens is 1. The Morgan fingerprint density at radius 1 is 1.15 bits per heavy atom. The van der Waals surface area contributed by atoms with Crippen molar-refractivity contribution in [3.63, 3.8) is 0 Å². The third-order valence-corrected chi connectivity index (χ3v) is 6.44. The molecular formula is C23H28N4O5S2. The van der Waals surface area contributed by atoms with Crippen molar-refractivity contribution < 1.29 is 22.7 Å². The van der Waals surface area contributed by atoms with Crippen LogP contribution in [-0.4, -0.2) is 33.1 Å². The van der Waals surface area contributed by atoms with Crippen molar-refractivity contribution in [3.05, 3.63) is 71.2 Å². The van der Waals surface area contributed by atoms with Crippen LogP contribution in [0.15, 0.2) is 60.0 Å². The molecule has 3 rings (SSSR count). The molecular weight excluding hydrogens is 476 g/mol. The number of ether oxygens (including phenoxy) is 2. The van der Waals surface area contributed by atoms with Crippen molar-refractivity contribution in [2.45, 2.75) is 31.9 Å². The Hall–Kier alpha value is -2.99. The van der Waals surface area contributed by atoms with Crippen LogP contribution in [-0.2, 0) is 21.6 Å². The van der Waals surface area contributed by atoms with Crippen molar-refractivity contribution in [1.82, 2.24) is 15.0 Å². The lowest BCUT2D eigenvalue weighted by atomic mass is 10.1. The van der Waals surface area contributed by atoms with Crippen LogP contribution in [0.4, 0.5) is 4.79 Å². The highest BCUT2D eigenvalue weighted by molar-refractivity contribution is 7.87. The van der Waals surface area contributed by atoms with Crippen LogP contribution in [0, 0.1) is 0 Å². The molecule has 1 aromatic heterocycles. The number of nitrogens with zero attached hydrogens (tertiary/aromatic N) is 1. The van der Waals surface area contributed by atoms with Gasteiger partial charge in [-0.2, -0.15) is 8.42 Å². The first kappa shape index (κ1) is 25.6. The quantitative estimate of drug-likeness (QED) is 0.322. The molecule has 0 unspecified atom stereocenters. The van der Waals surface area contributed by atoms with E-state index >= 15 is 0 Å². The molecule has 34 heavy (non-hydrogen) atoms. The second-order valence-corrected chi connectivity index (χ2v) is 9.74. The number of hydrogen-bond acceptors (Lipinski definition) is 7. The second kappa shape index (κ2) is 12.5. The Morgan fingerprint density at radius 3 is 2.68 bits per heavy atom. The van der Waals surface area contributed by atoms with Gasteiger partial charge in [-0.3, -0.25) is 0 Å². The lowest BCUT2D eigenvalue weighted by Gasteiger charge is -2.17. The molecule has 0 radical (unpaired) electrons. The number of carbonyl (C=O) groups excluding carboxylic acids is 1. The van der Waals surface area contributed by atoms with Gasteiger partial charge in [-0.1, -0.05) is 42.5 Å². The van der Waals surface area contributed by atoms with E-state index in [1.54, 1.807) is 7.11 Å². The van der Waals surface area contributed by atoms with Crippen LogP contribution in [0.5, 0.6) is 5.75 Å². The number of rotatable bonds is 12. The van der Waals surface area contributed by atoms with Crippen LogP contribution in [0.3, 0.4) is 0 Å². The summed E-state index contributed by atoms with van der Waals surface area (Å²) in [6, 6.07) is 16.6. The summed E-state index contributed by atoms with van der Waals surface area (Å²) in [6.07, 6.45) is 1.19. The summed E-state index contributed by atoms with van der Waals surface area (Å²) in [5.74, 6) is 0.732. The number of amides is 1.